The van der Waals surface area contributed by atoms with Crippen molar-refractivity contribution in [2.75, 3.05) is 25.0 Å². The minimum Gasteiger partial charge on any atom is -0.368 e. The maximum absolute atomic E-state index is 13.1. The van der Waals surface area contributed by atoms with Crippen molar-refractivity contribution in [2.24, 2.45) is 0 Å². The van der Waals surface area contributed by atoms with Crippen LogP contribution in [0.25, 0.3) is 10.2 Å². The van der Waals surface area contributed by atoms with Gasteiger partial charge in [0.25, 0.3) is 5.91 Å². The Labute approximate surface area is 180 Å². The van der Waals surface area contributed by atoms with Crippen LogP contribution in [-0.4, -0.2) is 50.7 Å². The van der Waals surface area contributed by atoms with Gasteiger partial charge in [0.1, 0.15) is 17.4 Å². The van der Waals surface area contributed by atoms with E-state index in [2.05, 4.69) is 25.5 Å². The highest BCUT2D eigenvalue weighted by Gasteiger charge is 2.27. The van der Waals surface area contributed by atoms with Crippen LogP contribution in [0.2, 0.25) is 0 Å². The van der Waals surface area contributed by atoms with Gasteiger partial charge in [-0.05, 0) is 37.3 Å². The zero-order valence-corrected chi connectivity index (χ0v) is 17.7. The second-order valence-corrected chi connectivity index (χ2v) is 8.91. The SMILES string of the molecule is Cc1nc2ccc(C(=O)N3CCO[C@@H](c4cccc(Nc5nncs5)n4)C3)cc2s1. The Balaban J connectivity index is 1.33. The van der Waals surface area contributed by atoms with Crippen molar-refractivity contribution in [3.8, 4) is 0 Å². The minimum atomic E-state index is -0.284. The van der Waals surface area contributed by atoms with Crippen LogP contribution in [0.15, 0.2) is 41.9 Å². The number of anilines is 2. The van der Waals surface area contributed by atoms with E-state index >= 15 is 0 Å². The van der Waals surface area contributed by atoms with E-state index in [9.17, 15) is 4.79 Å². The van der Waals surface area contributed by atoms with E-state index in [1.807, 2.05) is 48.2 Å². The molecule has 3 aromatic heterocycles. The van der Waals surface area contributed by atoms with Gasteiger partial charge in [0.15, 0.2) is 0 Å². The lowest BCUT2D eigenvalue weighted by Gasteiger charge is -2.32. The Kier molecular flexibility index (Phi) is 5.11. The maximum atomic E-state index is 13.1. The third-order valence-electron chi connectivity index (χ3n) is 4.79. The predicted octanol–water partition coefficient (Wildman–Crippen LogP) is 3.81. The van der Waals surface area contributed by atoms with Crippen LogP contribution < -0.4 is 5.32 Å². The topological polar surface area (TPSA) is 93.1 Å². The number of carbonyl (C=O) groups excluding carboxylic acids is 1. The number of aryl methyl sites for hydroxylation is 1. The second kappa shape index (κ2) is 8.05. The number of hydrogen-bond acceptors (Lipinski definition) is 9. The molecule has 1 N–H and O–H groups in total. The van der Waals surface area contributed by atoms with Crippen LogP contribution in [0.5, 0.6) is 0 Å². The number of nitrogens with zero attached hydrogens (tertiary/aromatic N) is 5. The van der Waals surface area contributed by atoms with Gasteiger partial charge in [0.05, 0.1) is 34.1 Å². The molecule has 0 unspecified atom stereocenters. The Morgan fingerprint density at radius 2 is 2.20 bits per heavy atom. The van der Waals surface area contributed by atoms with Gasteiger partial charge in [0, 0.05) is 12.1 Å². The summed E-state index contributed by atoms with van der Waals surface area (Å²) in [6, 6.07) is 11.4. The van der Waals surface area contributed by atoms with Crippen LogP contribution in [0.3, 0.4) is 0 Å². The lowest BCUT2D eigenvalue weighted by molar-refractivity contribution is -0.0246. The quantitative estimate of drug-likeness (QED) is 0.518. The number of morpholine rings is 1. The van der Waals surface area contributed by atoms with Crippen molar-refractivity contribution in [2.45, 2.75) is 13.0 Å². The molecular formula is C20H18N6O2S2. The van der Waals surface area contributed by atoms with Crippen molar-refractivity contribution in [3.63, 3.8) is 0 Å². The van der Waals surface area contributed by atoms with Crippen LogP contribution in [-0.2, 0) is 4.74 Å². The fourth-order valence-electron chi connectivity index (χ4n) is 3.41. The molecule has 5 rings (SSSR count). The molecule has 8 nitrogen and oxygen atoms in total. The molecule has 10 heteroatoms. The Bertz CT molecular complexity index is 1190. The molecule has 1 aliphatic heterocycles. The zero-order chi connectivity index (χ0) is 20.5. The van der Waals surface area contributed by atoms with Crippen molar-refractivity contribution in [1.29, 1.82) is 0 Å². The molecule has 4 aromatic rings. The molecule has 0 radical (unpaired) electrons. The number of fused-ring (bicyclic) bond motifs is 1. The highest BCUT2D eigenvalue weighted by molar-refractivity contribution is 7.18. The summed E-state index contributed by atoms with van der Waals surface area (Å²) in [5.41, 5.74) is 4.03. The van der Waals surface area contributed by atoms with E-state index in [1.165, 1.54) is 11.3 Å². The van der Waals surface area contributed by atoms with E-state index in [0.29, 0.717) is 36.2 Å². The monoisotopic (exact) mass is 438 g/mol. The van der Waals surface area contributed by atoms with Gasteiger partial charge in [-0.2, -0.15) is 0 Å². The number of carbonyl (C=O) groups is 1. The molecule has 0 aliphatic carbocycles. The molecular weight excluding hydrogens is 420 g/mol. The summed E-state index contributed by atoms with van der Waals surface area (Å²) >= 11 is 3.00. The first kappa shape index (κ1) is 19.0. The van der Waals surface area contributed by atoms with E-state index in [0.717, 1.165) is 20.9 Å². The highest BCUT2D eigenvalue weighted by atomic mass is 32.1. The summed E-state index contributed by atoms with van der Waals surface area (Å²) in [4.78, 5) is 24.0. The van der Waals surface area contributed by atoms with Crippen molar-refractivity contribution < 1.29 is 9.53 Å². The molecule has 4 heterocycles. The molecule has 1 amide bonds. The number of rotatable bonds is 4. The predicted molar refractivity (Wildman–Crippen MR) is 116 cm³/mol. The number of ether oxygens (including phenoxy) is 1. The van der Waals surface area contributed by atoms with Crippen molar-refractivity contribution >= 4 is 49.7 Å². The lowest BCUT2D eigenvalue weighted by atomic mass is 10.1. The van der Waals surface area contributed by atoms with E-state index < -0.39 is 0 Å². The largest absolute Gasteiger partial charge is 0.368 e. The third-order valence-corrected chi connectivity index (χ3v) is 6.33. The summed E-state index contributed by atoms with van der Waals surface area (Å²) in [6.07, 6.45) is -0.284. The molecule has 1 saturated heterocycles. The fourth-order valence-corrected chi connectivity index (χ4v) is 4.72. The first-order chi connectivity index (χ1) is 14.7. The fraction of sp³-hybridized carbons (Fsp3) is 0.250. The standard InChI is InChI=1S/C20H18N6O2S2/c1-12-22-15-6-5-13(9-17(15)30-12)19(27)26-7-8-28-16(10-26)14-3-2-4-18(23-14)24-20-25-21-11-29-20/h2-6,9,11,16H,7-8,10H2,1H3,(H,23,24,25)/t16-/m1/s1. The van der Waals surface area contributed by atoms with Gasteiger partial charge in [-0.3, -0.25) is 4.79 Å². The summed E-state index contributed by atoms with van der Waals surface area (Å²) < 4.78 is 6.95. The third kappa shape index (κ3) is 3.89. The molecule has 30 heavy (non-hydrogen) atoms. The first-order valence-electron chi connectivity index (χ1n) is 9.44. The van der Waals surface area contributed by atoms with Crippen molar-refractivity contribution in [3.05, 3.63) is 58.2 Å². The van der Waals surface area contributed by atoms with Gasteiger partial charge in [0.2, 0.25) is 5.13 Å². The molecule has 0 spiro atoms. The second-order valence-electron chi connectivity index (χ2n) is 6.84. The smallest absolute Gasteiger partial charge is 0.254 e. The molecule has 1 fully saturated rings. The van der Waals surface area contributed by atoms with E-state index in [-0.39, 0.29) is 12.0 Å². The summed E-state index contributed by atoms with van der Waals surface area (Å²) in [5, 5.41) is 12.6. The summed E-state index contributed by atoms with van der Waals surface area (Å²) in [6.45, 7) is 3.44. The average Bonchev–Trinajstić information content (AvgIpc) is 3.41. The molecule has 1 atom stereocenters. The summed E-state index contributed by atoms with van der Waals surface area (Å²) in [5.74, 6) is 0.668. The van der Waals surface area contributed by atoms with Crippen LogP contribution in [0, 0.1) is 6.92 Å². The van der Waals surface area contributed by atoms with Gasteiger partial charge >= 0.3 is 0 Å². The lowest BCUT2D eigenvalue weighted by Crippen LogP contribution is -2.42. The Morgan fingerprint density at radius 1 is 1.27 bits per heavy atom. The summed E-state index contributed by atoms with van der Waals surface area (Å²) in [7, 11) is 0. The number of benzene rings is 1. The van der Waals surface area contributed by atoms with Gasteiger partial charge < -0.3 is 15.0 Å². The van der Waals surface area contributed by atoms with Crippen molar-refractivity contribution in [1.82, 2.24) is 25.1 Å². The number of pyridine rings is 1. The molecule has 152 valence electrons. The number of thiazole rings is 1. The number of hydrogen-bond donors (Lipinski definition) is 1. The maximum Gasteiger partial charge on any atom is 0.254 e. The van der Waals surface area contributed by atoms with Gasteiger partial charge in [-0.1, -0.05) is 17.4 Å². The Hall–Kier alpha value is -2.95. The molecule has 1 aromatic carbocycles. The Morgan fingerprint density at radius 3 is 3.07 bits per heavy atom. The number of aromatic nitrogens is 4. The van der Waals surface area contributed by atoms with Gasteiger partial charge in [-0.25, -0.2) is 9.97 Å². The normalized spacial score (nSPS) is 16.7. The van der Waals surface area contributed by atoms with Crippen LogP contribution >= 0.6 is 22.7 Å². The highest BCUT2D eigenvalue weighted by Crippen LogP contribution is 2.26. The van der Waals surface area contributed by atoms with Crippen LogP contribution in [0.4, 0.5) is 10.9 Å². The van der Waals surface area contributed by atoms with Gasteiger partial charge in [-0.15, -0.1) is 21.5 Å². The first-order valence-corrected chi connectivity index (χ1v) is 11.1. The van der Waals surface area contributed by atoms with E-state index in [1.54, 1.807) is 16.8 Å². The average molecular weight is 439 g/mol. The number of amides is 1. The number of nitrogens with one attached hydrogen (secondary N) is 1. The molecule has 0 bridgehead atoms. The van der Waals surface area contributed by atoms with Crippen LogP contribution in [0.1, 0.15) is 27.2 Å². The molecule has 1 aliphatic rings. The molecule has 0 saturated carbocycles. The van der Waals surface area contributed by atoms with E-state index in [4.69, 9.17) is 4.74 Å². The zero-order valence-electron chi connectivity index (χ0n) is 16.1. The minimum absolute atomic E-state index is 0.000562.